The smallest absolute Gasteiger partial charge is 0.0561 e. The van der Waals surface area contributed by atoms with E-state index >= 15 is 0 Å². The minimum Gasteiger partial charge on any atom is -0.378 e. The van der Waals surface area contributed by atoms with Gasteiger partial charge in [0.15, 0.2) is 0 Å². The molecule has 18 heavy (non-hydrogen) atoms. The SMILES string of the molecule is CCCCN(CC1CCCN1)C1CCOC(C)C1. The Morgan fingerprint density at radius 3 is 2.89 bits per heavy atom. The van der Waals surface area contributed by atoms with Crippen LogP contribution in [0.1, 0.15) is 52.4 Å². The first-order chi connectivity index (χ1) is 8.79. The lowest BCUT2D eigenvalue weighted by atomic mass is 10.0. The largest absolute Gasteiger partial charge is 0.378 e. The summed E-state index contributed by atoms with van der Waals surface area (Å²) in [6, 6.07) is 1.49. The predicted octanol–water partition coefficient (Wildman–Crippen LogP) is 2.41. The number of nitrogens with zero attached hydrogens (tertiary/aromatic N) is 1. The molecule has 0 bridgehead atoms. The molecule has 2 aliphatic heterocycles. The molecule has 3 atom stereocenters. The number of rotatable bonds is 6. The van der Waals surface area contributed by atoms with Gasteiger partial charge in [-0.15, -0.1) is 0 Å². The number of hydrogen-bond donors (Lipinski definition) is 1. The van der Waals surface area contributed by atoms with Gasteiger partial charge in [-0.2, -0.15) is 0 Å². The van der Waals surface area contributed by atoms with Crippen LogP contribution < -0.4 is 5.32 Å². The van der Waals surface area contributed by atoms with Crippen molar-refractivity contribution in [3.63, 3.8) is 0 Å². The molecule has 0 saturated carbocycles. The van der Waals surface area contributed by atoms with Crippen LogP contribution in [0.5, 0.6) is 0 Å². The van der Waals surface area contributed by atoms with Crippen LogP contribution in [0.2, 0.25) is 0 Å². The zero-order chi connectivity index (χ0) is 12.8. The molecule has 2 aliphatic rings. The van der Waals surface area contributed by atoms with E-state index in [0.29, 0.717) is 6.10 Å². The number of ether oxygens (including phenoxy) is 1. The Bertz CT molecular complexity index is 229. The van der Waals surface area contributed by atoms with E-state index in [1.54, 1.807) is 0 Å². The van der Waals surface area contributed by atoms with Gasteiger partial charge in [0.25, 0.3) is 0 Å². The van der Waals surface area contributed by atoms with Crippen molar-refractivity contribution in [3.8, 4) is 0 Å². The van der Waals surface area contributed by atoms with E-state index in [0.717, 1.165) is 18.7 Å². The Kier molecular flexibility index (Phi) is 5.93. The fourth-order valence-corrected chi connectivity index (χ4v) is 3.29. The minimum atomic E-state index is 0.449. The van der Waals surface area contributed by atoms with E-state index in [1.165, 1.54) is 58.2 Å². The molecule has 0 amide bonds. The highest BCUT2D eigenvalue weighted by Gasteiger charge is 2.27. The molecule has 0 aromatic carbocycles. The number of unbranched alkanes of at least 4 members (excludes halogenated alkanes) is 1. The summed E-state index contributed by atoms with van der Waals surface area (Å²) >= 11 is 0. The average molecular weight is 254 g/mol. The first-order valence-corrected chi connectivity index (χ1v) is 7.88. The molecule has 106 valence electrons. The van der Waals surface area contributed by atoms with Crippen LogP contribution in [-0.4, -0.2) is 49.3 Å². The molecule has 2 fully saturated rings. The van der Waals surface area contributed by atoms with E-state index < -0.39 is 0 Å². The second-order valence-corrected chi connectivity index (χ2v) is 6.00. The molecule has 3 nitrogen and oxygen atoms in total. The summed E-state index contributed by atoms with van der Waals surface area (Å²) in [5, 5.41) is 3.64. The van der Waals surface area contributed by atoms with Crippen molar-refractivity contribution in [2.45, 2.75) is 70.6 Å². The topological polar surface area (TPSA) is 24.5 Å². The summed E-state index contributed by atoms with van der Waals surface area (Å²) in [5.41, 5.74) is 0. The Labute approximate surface area is 112 Å². The van der Waals surface area contributed by atoms with Gasteiger partial charge in [0.1, 0.15) is 0 Å². The van der Waals surface area contributed by atoms with Crippen molar-refractivity contribution in [3.05, 3.63) is 0 Å². The zero-order valence-electron chi connectivity index (χ0n) is 12.2. The van der Waals surface area contributed by atoms with Gasteiger partial charge in [0.2, 0.25) is 0 Å². The van der Waals surface area contributed by atoms with E-state index in [-0.39, 0.29) is 0 Å². The third kappa shape index (κ3) is 4.22. The highest BCUT2D eigenvalue weighted by atomic mass is 16.5. The summed E-state index contributed by atoms with van der Waals surface area (Å²) in [6.07, 6.45) is 8.24. The molecule has 3 heteroatoms. The van der Waals surface area contributed by atoms with E-state index in [4.69, 9.17) is 4.74 Å². The normalized spacial score (nSPS) is 33.2. The third-order valence-corrected chi connectivity index (χ3v) is 4.39. The Morgan fingerprint density at radius 2 is 2.22 bits per heavy atom. The van der Waals surface area contributed by atoms with Crippen LogP contribution >= 0.6 is 0 Å². The fraction of sp³-hybridized carbons (Fsp3) is 1.00. The van der Waals surface area contributed by atoms with Crippen molar-refractivity contribution >= 4 is 0 Å². The van der Waals surface area contributed by atoms with E-state index in [2.05, 4.69) is 24.1 Å². The van der Waals surface area contributed by atoms with Crippen LogP contribution in [-0.2, 0) is 4.74 Å². The van der Waals surface area contributed by atoms with Crippen LogP contribution in [0.15, 0.2) is 0 Å². The van der Waals surface area contributed by atoms with Crippen molar-refractivity contribution in [1.29, 1.82) is 0 Å². The van der Waals surface area contributed by atoms with Gasteiger partial charge in [-0.05, 0) is 52.1 Å². The maximum atomic E-state index is 5.69. The van der Waals surface area contributed by atoms with Crippen molar-refractivity contribution in [1.82, 2.24) is 10.2 Å². The monoisotopic (exact) mass is 254 g/mol. The van der Waals surface area contributed by atoms with E-state index in [1.807, 2.05) is 0 Å². The van der Waals surface area contributed by atoms with Gasteiger partial charge >= 0.3 is 0 Å². The molecule has 2 rings (SSSR count). The number of hydrogen-bond acceptors (Lipinski definition) is 3. The quantitative estimate of drug-likeness (QED) is 0.788. The van der Waals surface area contributed by atoms with Gasteiger partial charge in [-0.3, -0.25) is 4.90 Å². The summed E-state index contributed by atoms with van der Waals surface area (Å²) in [6.45, 7) is 9.20. The molecule has 0 aromatic rings. The first kappa shape index (κ1) is 14.3. The second-order valence-electron chi connectivity index (χ2n) is 6.00. The molecule has 0 spiro atoms. The molecule has 0 radical (unpaired) electrons. The van der Waals surface area contributed by atoms with Crippen molar-refractivity contribution < 1.29 is 4.74 Å². The molecule has 0 aromatic heterocycles. The number of nitrogens with one attached hydrogen (secondary N) is 1. The van der Waals surface area contributed by atoms with Gasteiger partial charge in [0, 0.05) is 25.2 Å². The summed E-state index contributed by atoms with van der Waals surface area (Å²) in [4.78, 5) is 2.74. The Morgan fingerprint density at radius 1 is 1.33 bits per heavy atom. The lowest BCUT2D eigenvalue weighted by molar-refractivity contribution is -0.0192. The van der Waals surface area contributed by atoms with Gasteiger partial charge in [-0.25, -0.2) is 0 Å². The van der Waals surface area contributed by atoms with Gasteiger partial charge in [-0.1, -0.05) is 13.3 Å². The molecular weight excluding hydrogens is 224 g/mol. The minimum absolute atomic E-state index is 0.449. The summed E-state index contributed by atoms with van der Waals surface area (Å²) < 4.78 is 5.69. The highest BCUT2D eigenvalue weighted by molar-refractivity contribution is 4.84. The van der Waals surface area contributed by atoms with Gasteiger partial charge in [0.05, 0.1) is 6.10 Å². The van der Waals surface area contributed by atoms with Crippen LogP contribution in [0.3, 0.4) is 0 Å². The molecule has 1 N–H and O–H groups in total. The molecule has 3 unspecified atom stereocenters. The van der Waals surface area contributed by atoms with Crippen molar-refractivity contribution in [2.24, 2.45) is 0 Å². The second kappa shape index (κ2) is 7.46. The first-order valence-electron chi connectivity index (χ1n) is 7.88. The molecule has 0 aliphatic carbocycles. The van der Waals surface area contributed by atoms with Crippen LogP contribution in [0.25, 0.3) is 0 Å². The third-order valence-electron chi connectivity index (χ3n) is 4.39. The Hall–Kier alpha value is -0.120. The zero-order valence-corrected chi connectivity index (χ0v) is 12.2. The standard InChI is InChI=1S/C15H30N2O/c1-3-4-9-17(12-14-6-5-8-16-14)15-7-10-18-13(2)11-15/h13-16H,3-12H2,1-2H3. The highest BCUT2D eigenvalue weighted by Crippen LogP contribution is 2.21. The molecule has 2 saturated heterocycles. The van der Waals surface area contributed by atoms with Crippen LogP contribution in [0, 0.1) is 0 Å². The Balaban J connectivity index is 1.85. The van der Waals surface area contributed by atoms with Crippen LogP contribution in [0.4, 0.5) is 0 Å². The maximum absolute atomic E-state index is 5.69. The van der Waals surface area contributed by atoms with E-state index in [9.17, 15) is 0 Å². The average Bonchev–Trinajstić information content (AvgIpc) is 2.87. The lowest BCUT2D eigenvalue weighted by Gasteiger charge is -2.38. The molecular formula is C15H30N2O. The summed E-state index contributed by atoms with van der Waals surface area (Å²) in [5.74, 6) is 0. The maximum Gasteiger partial charge on any atom is 0.0561 e. The lowest BCUT2D eigenvalue weighted by Crippen LogP contribution is -2.47. The summed E-state index contributed by atoms with van der Waals surface area (Å²) in [7, 11) is 0. The predicted molar refractivity (Wildman–Crippen MR) is 75.9 cm³/mol. The van der Waals surface area contributed by atoms with Crippen molar-refractivity contribution in [2.75, 3.05) is 26.2 Å². The molecule has 2 heterocycles. The van der Waals surface area contributed by atoms with Gasteiger partial charge < -0.3 is 10.1 Å². The fourth-order valence-electron chi connectivity index (χ4n) is 3.29.